The molecular weight excluding hydrogens is 210 g/mol. The summed E-state index contributed by atoms with van der Waals surface area (Å²) < 4.78 is 5.38. The van der Waals surface area contributed by atoms with Crippen LogP contribution in [0.2, 0.25) is 0 Å². The fourth-order valence-corrected chi connectivity index (χ4v) is 2.34. The molecule has 0 bridgehead atoms. The standard InChI is InChI=1S/C10H17N3O3/c1-2-11-7-3-4-16-5-6(7)8-9(14)13-10(15)12-8/h6-8,11H,2-5H2,1H3,(H2,12,13,14,15). The number of carbonyl (C=O) groups excluding carboxylic acids is 2. The molecule has 6 nitrogen and oxygen atoms in total. The molecule has 0 aromatic heterocycles. The van der Waals surface area contributed by atoms with Gasteiger partial charge in [0.05, 0.1) is 6.61 Å². The molecule has 90 valence electrons. The van der Waals surface area contributed by atoms with Crippen LogP contribution in [-0.4, -0.2) is 43.8 Å². The van der Waals surface area contributed by atoms with Gasteiger partial charge in [0.1, 0.15) is 6.04 Å². The second-order valence-corrected chi connectivity index (χ2v) is 4.13. The van der Waals surface area contributed by atoms with E-state index in [1.54, 1.807) is 0 Å². The minimum atomic E-state index is -0.461. The molecule has 2 rings (SSSR count). The van der Waals surface area contributed by atoms with Crippen molar-refractivity contribution in [3.8, 4) is 0 Å². The molecule has 3 unspecified atom stereocenters. The van der Waals surface area contributed by atoms with Crippen LogP contribution in [0.15, 0.2) is 0 Å². The van der Waals surface area contributed by atoms with Crippen molar-refractivity contribution < 1.29 is 14.3 Å². The van der Waals surface area contributed by atoms with Crippen molar-refractivity contribution in [2.75, 3.05) is 19.8 Å². The Kier molecular flexibility index (Phi) is 3.40. The Balaban J connectivity index is 2.04. The van der Waals surface area contributed by atoms with Crippen molar-refractivity contribution >= 4 is 11.9 Å². The van der Waals surface area contributed by atoms with Gasteiger partial charge in [-0.15, -0.1) is 0 Å². The molecule has 2 aliphatic heterocycles. The first-order valence-electron chi connectivity index (χ1n) is 5.65. The van der Waals surface area contributed by atoms with E-state index in [0.29, 0.717) is 13.2 Å². The van der Waals surface area contributed by atoms with Crippen LogP contribution in [0.25, 0.3) is 0 Å². The van der Waals surface area contributed by atoms with Gasteiger partial charge in [0.2, 0.25) is 0 Å². The number of hydrogen-bond acceptors (Lipinski definition) is 4. The number of rotatable bonds is 3. The fraction of sp³-hybridized carbons (Fsp3) is 0.800. The highest BCUT2D eigenvalue weighted by molar-refractivity contribution is 6.04. The van der Waals surface area contributed by atoms with Gasteiger partial charge >= 0.3 is 6.03 Å². The molecule has 2 saturated heterocycles. The quantitative estimate of drug-likeness (QED) is 0.552. The highest BCUT2D eigenvalue weighted by atomic mass is 16.5. The lowest BCUT2D eigenvalue weighted by Gasteiger charge is -2.34. The molecule has 3 N–H and O–H groups in total. The van der Waals surface area contributed by atoms with Gasteiger partial charge < -0.3 is 15.4 Å². The predicted octanol–water partition coefficient (Wildman–Crippen LogP) is -0.791. The van der Waals surface area contributed by atoms with Gasteiger partial charge in [-0.1, -0.05) is 6.92 Å². The third-order valence-electron chi connectivity index (χ3n) is 3.10. The summed E-state index contributed by atoms with van der Waals surface area (Å²) in [5, 5.41) is 8.23. The van der Waals surface area contributed by atoms with E-state index in [1.165, 1.54) is 0 Å². The molecule has 6 heteroatoms. The van der Waals surface area contributed by atoms with E-state index in [9.17, 15) is 9.59 Å². The highest BCUT2D eigenvalue weighted by Crippen LogP contribution is 2.20. The Hall–Kier alpha value is -1.14. The van der Waals surface area contributed by atoms with Crippen LogP contribution >= 0.6 is 0 Å². The summed E-state index contributed by atoms with van der Waals surface area (Å²) >= 11 is 0. The first-order chi connectivity index (χ1) is 7.72. The molecular formula is C10H17N3O3. The maximum Gasteiger partial charge on any atom is 0.322 e. The minimum Gasteiger partial charge on any atom is -0.381 e. The van der Waals surface area contributed by atoms with E-state index in [2.05, 4.69) is 16.0 Å². The average molecular weight is 227 g/mol. The zero-order valence-electron chi connectivity index (χ0n) is 9.29. The molecule has 0 radical (unpaired) electrons. The van der Waals surface area contributed by atoms with Crippen molar-refractivity contribution in [1.29, 1.82) is 0 Å². The van der Waals surface area contributed by atoms with E-state index in [0.717, 1.165) is 13.0 Å². The third kappa shape index (κ3) is 2.17. The zero-order chi connectivity index (χ0) is 11.5. The van der Waals surface area contributed by atoms with Crippen LogP contribution in [-0.2, 0) is 9.53 Å². The van der Waals surface area contributed by atoms with Gasteiger partial charge in [-0.05, 0) is 13.0 Å². The van der Waals surface area contributed by atoms with Crippen molar-refractivity contribution in [2.24, 2.45) is 5.92 Å². The van der Waals surface area contributed by atoms with E-state index < -0.39 is 12.1 Å². The van der Waals surface area contributed by atoms with Crippen LogP contribution in [0.3, 0.4) is 0 Å². The molecule has 3 atom stereocenters. The molecule has 2 heterocycles. The lowest BCUT2D eigenvalue weighted by molar-refractivity contribution is -0.123. The first-order valence-corrected chi connectivity index (χ1v) is 5.65. The molecule has 2 aliphatic rings. The maximum atomic E-state index is 11.6. The van der Waals surface area contributed by atoms with Crippen LogP contribution in [0.1, 0.15) is 13.3 Å². The smallest absolute Gasteiger partial charge is 0.322 e. The van der Waals surface area contributed by atoms with Crippen LogP contribution in [0.5, 0.6) is 0 Å². The lowest BCUT2D eigenvalue weighted by atomic mass is 9.88. The van der Waals surface area contributed by atoms with Gasteiger partial charge in [-0.25, -0.2) is 4.79 Å². The Labute approximate surface area is 94.1 Å². The number of imide groups is 1. The maximum absolute atomic E-state index is 11.6. The summed E-state index contributed by atoms with van der Waals surface area (Å²) in [5.41, 5.74) is 0. The Bertz CT molecular complexity index is 293. The number of amides is 3. The second kappa shape index (κ2) is 4.80. The molecule has 0 spiro atoms. The predicted molar refractivity (Wildman–Crippen MR) is 56.9 cm³/mol. The van der Waals surface area contributed by atoms with E-state index >= 15 is 0 Å². The number of hydrogen-bond donors (Lipinski definition) is 3. The number of carbonyl (C=O) groups is 2. The van der Waals surface area contributed by atoms with Crippen molar-refractivity contribution in [3.63, 3.8) is 0 Å². The van der Waals surface area contributed by atoms with Crippen LogP contribution in [0.4, 0.5) is 4.79 Å². The van der Waals surface area contributed by atoms with Crippen LogP contribution < -0.4 is 16.0 Å². The van der Waals surface area contributed by atoms with Gasteiger partial charge in [-0.2, -0.15) is 0 Å². The van der Waals surface area contributed by atoms with Gasteiger partial charge in [-0.3, -0.25) is 10.1 Å². The largest absolute Gasteiger partial charge is 0.381 e. The summed E-state index contributed by atoms with van der Waals surface area (Å²) in [7, 11) is 0. The molecule has 0 aliphatic carbocycles. The van der Waals surface area contributed by atoms with Gasteiger partial charge in [0.15, 0.2) is 0 Å². The topological polar surface area (TPSA) is 79.5 Å². The second-order valence-electron chi connectivity index (χ2n) is 4.13. The molecule has 3 amide bonds. The number of nitrogens with one attached hydrogen (secondary N) is 3. The van der Waals surface area contributed by atoms with E-state index in [1.807, 2.05) is 6.92 Å². The van der Waals surface area contributed by atoms with Crippen molar-refractivity contribution in [3.05, 3.63) is 0 Å². The van der Waals surface area contributed by atoms with Crippen molar-refractivity contribution in [2.45, 2.75) is 25.4 Å². The normalized spacial score (nSPS) is 34.7. The van der Waals surface area contributed by atoms with Crippen molar-refractivity contribution in [1.82, 2.24) is 16.0 Å². The summed E-state index contributed by atoms with van der Waals surface area (Å²) in [6, 6.07) is -0.638. The number of urea groups is 1. The van der Waals surface area contributed by atoms with Crippen LogP contribution in [0, 0.1) is 5.92 Å². The summed E-state index contributed by atoms with van der Waals surface area (Å²) in [5.74, 6) is -0.233. The average Bonchev–Trinajstić information content (AvgIpc) is 2.59. The van der Waals surface area contributed by atoms with Gasteiger partial charge in [0.25, 0.3) is 5.91 Å². The zero-order valence-corrected chi connectivity index (χ0v) is 9.29. The Morgan fingerprint density at radius 3 is 2.94 bits per heavy atom. The van der Waals surface area contributed by atoms with Gasteiger partial charge in [0, 0.05) is 18.6 Å². The minimum absolute atomic E-state index is 0.0140. The SMILES string of the molecule is CCNC1CCOCC1C1NC(=O)NC1=O. The first kappa shape index (κ1) is 11.3. The molecule has 0 aromatic carbocycles. The number of ether oxygens (including phenoxy) is 1. The monoisotopic (exact) mass is 227 g/mol. The van der Waals surface area contributed by atoms with E-state index in [4.69, 9.17) is 4.74 Å². The summed E-state index contributed by atoms with van der Waals surface area (Å²) in [6.07, 6.45) is 0.873. The lowest BCUT2D eigenvalue weighted by Crippen LogP contribution is -2.53. The third-order valence-corrected chi connectivity index (χ3v) is 3.10. The molecule has 16 heavy (non-hydrogen) atoms. The summed E-state index contributed by atoms with van der Waals surface area (Å²) in [6.45, 7) is 4.09. The molecule has 0 saturated carbocycles. The van der Waals surface area contributed by atoms with E-state index in [-0.39, 0.29) is 17.9 Å². The summed E-state index contributed by atoms with van der Waals surface area (Å²) in [4.78, 5) is 22.6. The molecule has 2 fully saturated rings. The Morgan fingerprint density at radius 1 is 1.50 bits per heavy atom. The Morgan fingerprint density at radius 2 is 2.31 bits per heavy atom. The highest BCUT2D eigenvalue weighted by Gasteiger charge is 2.41. The molecule has 0 aromatic rings. The fourth-order valence-electron chi connectivity index (χ4n) is 2.34.